The van der Waals surface area contributed by atoms with Gasteiger partial charge in [0.25, 0.3) is 0 Å². The van der Waals surface area contributed by atoms with Gasteiger partial charge >= 0.3 is 0 Å². The van der Waals surface area contributed by atoms with Crippen molar-refractivity contribution in [3.05, 3.63) is 35.9 Å². The predicted octanol–water partition coefficient (Wildman–Crippen LogP) is 1.64. The molecule has 0 bridgehead atoms. The first-order valence-electron chi connectivity index (χ1n) is 6.67. The van der Waals surface area contributed by atoms with E-state index >= 15 is 0 Å². The molecule has 4 heteroatoms. The van der Waals surface area contributed by atoms with Crippen molar-refractivity contribution in [2.45, 2.75) is 39.2 Å². The highest BCUT2D eigenvalue weighted by Gasteiger charge is 2.23. The molecule has 0 aromatic heterocycles. The summed E-state index contributed by atoms with van der Waals surface area (Å²) in [6, 6.07) is 9.21. The van der Waals surface area contributed by atoms with Crippen LogP contribution in [0, 0.1) is 5.92 Å². The van der Waals surface area contributed by atoms with Crippen LogP contribution in [0.2, 0.25) is 0 Å². The lowest BCUT2D eigenvalue weighted by molar-refractivity contribution is -0.128. The van der Waals surface area contributed by atoms with Gasteiger partial charge in [-0.05, 0) is 17.9 Å². The smallest absolute Gasteiger partial charge is 0.240 e. The number of carbonyl (C=O) groups is 2. The van der Waals surface area contributed by atoms with E-state index < -0.39 is 11.9 Å². The van der Waals surface area contributed by atoms with E-state index in [0.717, 1.165) is 12.0 Å². The van der Waals surface area contributed by atoms with E-state index in [4.69, 9.17) is 5.73 Å². The summed E-state index contributed by atoms with van der Waals surface area (Å²) in [4.78, 5) is 23.1. The quantitative estimate of drug-likeness (QED) is 0.784. The van der Waals surface area contributed by atoms with Crippen LogP contribution in [0.1, 0.15) is 32.3 Å². The standard InChI is InChI=1S/C15H22N2O2/c1-3-11(2)14(15(16)19)17-13(18)10-9-12-7-5-4-6-8-12/h4-8,11,14H,3,9-10H2,1-2H3,(H2,16,19)(H,17,18)/t11-,14-/m1/s1. The van der Waals surface area contributed by atoms with Gasteiger partial charge in [0.05, 0.1) is 0 Å². The Bertz CT molecular complexity index is 417. The second-order valence-corrected chi connectivity index (χ2v) is 4.82. The van der Waals surface area contributed by atoms with Gasteiger partial charge in [0.1, 0.15) is 6.04 Å². The summed E-state index contributed by atoms with van der Waals surface area (Å²) in [5, 5.41) is 2.72. The second kappa shape index (κ2) is 7.56. The first kappa shape index (κ1) is 15.2. The summed E-state index contributed by atoms with van der Waals surface area (Å²) in [6.07, 6.45) is 1.83. The van der Waals surface area contributed by atoms with Crippen LogP contribution in [0.15, 0.2) is 30.3 Å². The van der Waals surface area contributed by atoms with E-state index in [0.29, 0.717) is 12.8 Å². The molecule has 0 saturated heterocycles. The molecule has 0 aliphatic carbocycles. The largest absolute Gasteiger partial charge is 0.368 e. The maximum atomic E-state index is 11.8. The third-order valence-corrected chi connectivity index (χ3v) is 3.32. The van der Waals surface area contributed by atoms with E-state index in [1.54, 1.807) is 0 Å². The van der Waals surface area contributed by atoms with Gasteiger partial charge in [0.15, 0.2) is 0 Å². The molecule has 1 rings (SSSR count). The number of hydrogen-bond acceptors (Lipinski definition) is 2. The van der Waals surface area contributed by atoms with Gasteiger partial charge < -0.3 is 11.1 Å². The highest BCUT2D eigenvalue weighted by Crippen LogP contribution is 2.08. The molecule has 4 nitrogen and oxygen atoms in total. The van der Waals surface area contributed by atoms with Crippen molar-refractivity contribution in [2.75, 3.05) is 0 Å². The molecule has 2 amide bonds. The number of amides is 2. The van der Waals surface area contributed by atoms with Gasteiger partial charge in [0.2, 0.25) is 11.8 Å². The van der Waals surface area contributed by atoms with Crippen molar-refractivity contribution in [3.63, 3.8) is 0 Å². The molecular weight excluding hydrogens is 240 g/mol. The van der Waals surface area contributed by atoms with Gasteiger partial charge in [0, 0.05) is 6.42 Å². The van der Waals surface area contributed by atoms with Crippen molar-refractivity contribution in [2.24, 2.45) is 11.7 Å². The fraction of sp³-hybridized carbons (Fsp3) is 0.467. The van der Waals surface area contributed by atoms with Crippen LogP contribution in [-0.4, -0.2) is 17.9 Å². The zero-order valence-electron chi connectivity index (χ0n) is 11.6. The van der Waals surface area contributed by atoms with Crippen molar-refractivity contribution in [3.8, 4) is 0 Å². The van der Waals surface area contributed by atoms with Crippen LogP contribution >= 0.6 is 0 Å². The van der Waals surface area contributed by atoms with Crippen LogP contribution in [0.5, 0.6) is 0 Å². The molecule has 1 aromatic rings. The monoisotopic (exact) mass is 262 g/mol. The predicted molar refractivity (Wildman–Crippen MR) is 75.3 cm³/mol. The molecule has 0 aliphatic rings. The topological polar surface area (TPSA) is 72.2 Å². The Morgan fingerprint density at radius 2 is 1.89 bits per heavy atom. The van der Waals surface area contributed by atoms with Gasteiger partial charge in [-0.3, -0.25) is 9.59 Å². The first-order valence-corrected chi connectivity index (χ1v) is 6.67. The molecule has 2 atom stereocenters. The molecule has 104 valence electrons. The molecule has 0 heterocycles. The van der Waals surface area contributed by atoms with E-state index in [2.05, 4.69) is 5.32 Å². The summed E-state index contributed by atoms with van der Waals surface area (Å²) >= 11 is 0. The maximum Gasteiger partial charge on any atom is 0.240 e. The summed E-state index contributed by atoms with van der Waals surface area (Å²) in [6.45, 7) is 3.88. The Balaban J connectivity index is 2.47. The lowest BCUT2D eigenvalue weighted by atomic mass is 9.98. The molecule has 0 unspecified atom stereocenters. The Labute approximate surface area is 114 Å². The normalized spacial score (nSPS) is 13.6. The van der Waals surface area contributed by atoms with Gasteiger partial charge in [-0.15, -0.1) is 0 Å². The van der Waals surface area contributed by atoms with E-state index in [-0.39, 0.29) is 11.8 Å². The number of benzene rings is 1. The third kappa shape index (κ3) is 5.12. The summed E-state index contributed by atoms with van der Waals surface area (Å²) in [7, 11) is 0. The lowest BCUT2D eigenvalue weighted by Crippen LogP contribution is -2.48. The minimum absolute atomic E-state index is 0.0539. The third-order valence-electron chi connectivity index (χ3n) is 3.32. The molecule has 0 fully saturated rings. The number of primary amides is 1. The van der Waals surface area contributed by atoms with Crippen molar-refractivity contribution in [1.82, 2.24) is 5.32 Å². The Kier molecular flexibility index (Phi) is 6.06. The average molecular weight is 262 g/mol. The first-order chi connectivity index (χ1) is 9.04. The van der Waals surface area contributed by atoms with Crippen LogP contribution in [0.25, 0.3) is 0 Å². The number of hydrogen-bond donors (Lipinski definition) is 2. The fourth-order valence-corrected chi connectivity index (χ4v) is 1.88. The zero-order valence-corrected chi connectivity index (χ0v) is 11.6. The molecule has 3 N–H and O–H groups in total. The van der Waals surface area contributed by atoms with Crippen molar-refractivity contribution >= 4 is 11.8 Å². The van der Waals surface area contributed by atoms with Crippen molar-refractivity contribution < 1.29 is 9.59 Å². The highest BCUT2D eigenvalue weighted by molar-refractivity contribution is 5.86. The second-order valence-electron chi connectivity index (χ2n) is 4.82. The van der Waals surface area contributed by atoms with E-state index in [1.165, 1.54) is 0 Å². The SMILES string of the molecule is CC[C@@H](C)[C@@H](NC(=O)CCc1ccccc1)C(N)=O. The fourth-order valence-electron chi connectivity index (χ4n) is 1.88. The van der Waals surface area contributed by atoms with Crippen LogP contribution in [-0.2, 0) is 16.0 Å². The molecular formula is C15H22N2O2. The van der Waals surface area contributed by atoms with Gasteiger partial charge in [-0.1, -0.05) is 50.6 Å². The van der Waals surface area contributed by atoms with Gasteiger partial charge in [-0.25, -0.2) is 0 Å². The van der Waals surface area contributed by atoms with Crippen LogP contribution < -0.4 is 11.1 Å². The number of aryl methyl sites for hydroxylation is 1. The summed E-state index contributed by atoms with van der Waals surface area (Å²) in [5.41, 5.74) is 6.42. The molecule has 0 spiro atoms. The number of rotatable bonds is 7. The van der Waals surface area contributed by atoms with Crippen LogP contribution in [0.3, 0.4) is 0 Å². The number of carbonyl (C=O) groups excluding carboxylic acids is 2. The molecule has 0 aliphatic heterocycles. The van der Waals surface area contributed by atoms with Crippen molar-refractivity contribution in [1.29, 1.82) is 0 Å². The summed E-state index contributed by atoms with van der Waals surface area (Å²) in [5.74, 6) is -0.548. The average Bonchev–Trinajstić information content (AvgIpc) is 2.42. The minimum atomic E-state index is -0.576. The lowest BCUT2D eigenvalue weighted by Gasteiger charge is -2.21. The zero-order chi connectivity index (χ0) is 14.3. The van der Waals surface area contributed by atoms with E-state index in [1.807, 2.05) is 44.2 Å². The van der Waals surface area contributed by atoms with Crippen LogP contribution in [0.4, 0.5) is 0 Å². The maximum absolute atomic E-state index is 11.8. The minimum Gasteiger partial charge on any atom is -0.368 e. The Morgan fingerprint density at radius 3 is 2.42 bits per heavy atom. The molecule has 19 heavy (non-hydrogen) atoms. The van der Waals surface area contributed by atoms with E-state index in [9.17, 15) is 9.59 Å². The molecule has 0 saturated carbocycles. The van der Waals surface area contributed by atoms with Gasteiger partial charge in [-0.2, -0.15) is 0 Å². The number of nitrogens with two attached hydrogens (primary N) is 1. The number of nitrogens with one attached hydrogen (secondary N) is 1. The molecule has 0 radical (unpaired) electrons. The highest BCUT2D eigenvalue weighted by atomic mass is 16.2. The molecule has 1 aromatic carbocycles. The Hall–Kier alpha value is -1.84. The summed E-state index contributed by atoms with van der Waals surface area (Å²) < 4.78 is 0. The Morgan fingerprint density at radius 1 is 1.26 bits per heavy atom.